The zero-order chi connectivity index (χ0) is 11.6. The molecular formula is C10H25O2PS3. The van der Waals surface area contributed by atoms with Gasteiger partial charge in [-0.25, -0.2) is 0 Å². The Kier molecular flexibility index (Phi) is 15.6. The number of unbranched alkanes of at least 4 members (excludes halogenated alkanes) is 4. The van der Waals surface area contributed by atoms with Crippen molar-refractivity contribution in [2.24, 2.45) is 0 Å². The van der Waals surface area contributed by atoms with E-state index >= 15 is 0 Å². The summed E-state index contributed by atoms with van der Waals surface area (Å²) in [6, 6.07) is 0. The second kappa shape index (κ2) is 12.7. The SMILES string of the molecule is CCCCCOP(=S)(S)OCCCCC.S. The fourth-order valence-electron chi connectivity index (χ4n) is 1.10. The molecule has 0 fully saturated rings. The average Bonchev–Trinajstić information content (AvgIpc) is 2.20. The van der Waals surface area contributed by atoms with Crippen LogP contribution in [0, 0.1) is 0 Å². The summed E-state index contributed by atoms with van der Waals surface area (Å²) in [7, 11) is 0. The van der Waals surface area contributed by atoms with Crippen LogP contribution in [0.4, 0.5) is 0 Å². The summed E-state index contributed by atoms with van der Waals surface area (Å²) in [6.07, 6.45) is 6.84. The van der Waals surface area contributed by atoms with Crippen molar-refractivity contribution in [3.8, 4) is 0 Å². The third kappa shape index (κ3) is 13.3. The van der Waals surface area contributed by atoms with Crippen LogP contribution in [0.25, 0.3) is 0 Å². The first-order valence-electron chi connectivity index (χ1n) is 5.74. The molecule has 0 unspecified atom stereocenters. The van der Waals surface area contributed by atoms with Crippen LogP contribution in [0.1, 0.15) is 52.4 Å². The van der Waals surface area contributed by atoms with Crippen LogP contribution in [0.15, 0.2) is 0 Å². The Morgan fingerprint density at radius 2 is 1.31 bits per heavy atom. The van der Waals surface area contributed by atoms with Crippen molar-refractivity contribution in [2.75, 3.05) is 13.2 Å². The van der Waals surface area contributed by atoms with Crippen LogP contribution >= 0.6 is 31.4 Å². The molecule has 0 amide bonds. The van der Waals surface area contributed by atoms with Crippen LogP contribution in [-0.2, 0) is 20.9 Å². The molecule has 0 radical (unpaired) electrons. The fraction of sp³-hybridized carbons (Fsp3) is 1.00. The molecule has 16 heavy (non-hydrogen) atoms. The van der Waals surface area contributed by atoms with Gasteiger partial charge in [0.15, 0.2) is 0 Å². The molecule has 0 saturated heterocycles. The maximum absolute atomic E-state index is 5.48. The van der Waals surface area contributed by atoms with Gasteiger partial charge < -0.3 is 9.05 Å². The minimum atomic E-state index is -2.25. The second-order valence-electron chi connectivity index (χ2n) is 3.55. The minimum absolute atomic E-state index is 0. The third-order valence-corrected chi connectivity index (χ3v) is 4.35. The van der Waals surface area contributed by atoms with E-state index in [0.29, 0.717) is 13.2 Å². The molecule has 0 spiro atoms. The highest BCUT2D eigenvalue weighted by Gasteiger charge is 2.11. The molecule has 0 aliphatic rings. The van der Waals surface area contributed by atoms with E-state index in [2.05, 4.69) is 26.1 Å². The van der Waals surface area contributed by atoms with Crippen molar-refractivity contribution in [2.45, 2.75) is 52.4 Å². The normalized spacial score (nSPS) is 11.2. The van der Waals surface area contributed by atoms with Gasteiger partial charge in [-0.3, -0.25) is 0 Å². The molecule has 2 nitrogen and oxygen atoms in total. The van der Waals surface area contributed by atoms with E-state index in [-0.39, 0.29) is 13.5 Å². The maximum atomic E-state index is 5.48. The topological polar surface area (TPSA) is 18.5 Å². The molecule has 0 N–H and O–H groups in total. The van der Waals surface area contributed by atoms with E-state index in [1.54, 1.807) is 0 Å². The van der Waals surface area contributed by atoms with Crippen LogP contribution in [0.3, 0.4) is 0 Å². The Morgan fingerprint density at radius 1 is 0.938 bits per heavy atom. The molecule has 0 aliphatic carbocycles. The van der Waals surface area contributed by atoms with Crippen molar-refractivity contribution in [3.05, 3.63) is 0 Å². The molecule has 0 aromatic rings. The maximum Gasteiger partial charge on any atom is 0.244 e. The Labute approximate surface area is 118 Å². The molecule has 0 aromatic heterocycles. The van der Waals surface area contributed by atoms with Gasteiger partial charge in [0.05, 0.1) is 13.2 Å². The van der Waals surface area contributed by atoms with Crippen LogP contribution in [0.2, 0.25) is 0 Å². The minimum Gasteiger partial charge on any atom is -0.322 e. The predicted molar refractivity (Wildman–Crippen MR) is 84.6 cm³/mol. The van der Waals surface area contributed by atoms with E-state index in [0.717, 1.165) is 12.8 Å². The van der Waals surface area contributed by atoms with Gasteiger partial charge in [-0.05, 0) is 24.6 Å². The Hall–Kier alpha value is 1.27. The van der Waals surface area contributed by atoms with Gasteiger partial charge in [0.2, 0.25) is 5.69 Å². The number of hydrogen-bond acceptors (Lipinski definition) is 3. The van der Waals surface area contributed by atoms with Crippen LogP contribution < -0.4 is 0 Å². The zero-order valence-electron chi connectivity index (χ0n) is 10.3. The molecule has 0 aromatic carbocycles. The number of rotatable bonds is 10. The van der Waals surface area contributed by atoms with Crippen LogP contribution in [0.5, 0.6) is 0 Å². The molecule has 0 aliphatic heterocycles. The summed E-state index contributed by atoms with van der Waals surface area (Å²) in [5, 5.41) is 0. The van der Waals surface area contributed by atoms with Gasteiger partial charge >= 0.3 is 0 Å². The highest BCUT2D eigenvalue weighted by atomic mass is 32.9. The van der Waals surface area contributed by atoms with Gasteiger partial charge in [-0.2, -0.15) is 13.5 Å². The van der Waals surface area contributed by atoms with Crippen molar-refractivity contribution >= 4 is 43.2 Å². The smallest absolute Gasteiger partial charge is 0.244 e. The highest BCUT2D eigenvalue weighted by Crippen LogP contribution is 2.53. The second-order valence-corrected chi connectivity index (χ2v) is 8.84. The lowest BCUT2D eigenvalue weighted by Gasteiger charge is -2.16. The summed E-state index contributed by atoms with van der Waals surface area (Å²) in [5.41, 5.74) is -2.25. The van der Waals surface area contributed by atoms with E-state index < -0.39 is 5.69 Å². The van der Waals surface area contributed by atoms with Crippen LogP contribution in [-0.4, -0.2) is 13.2 Å². The molecule has 0 atom stereocenters. The third-order valence-electron chi connectivity index (χ3n) is 2.00. The first kappa shape index (κ1) is 19.6. The average molecular weight is 304 g/mol. The molecule has 0 rings (SSSR count). The lowest BCUT2D eigenvalue weighted by molar-refractivity contribution is 0.251. The predicted octanol–water partition coefficient (Wildman–Crippen LogP) is 4.67. The molecule has 0 saturated carbocycles. The molecule has 0 heterocycles. The highest BCUT2D eigenvalue weighted by molar-refractivity contribution is 8.60. The summed E-state index contributed by atoms with van der Waals surface area (Å²) < 4.78 is 11.0. The summed E-state index contributed by atoms with van der Waals surface area (Å²) >= 11 is 9.45. The summed E-state index contributed by atoms with van der Waals surface area (Å²) in [6.45, 7) is 5.70. The van der Waals surface area contributed by atoms with E-state index in [4.69, 9.17) is 20.9 Å². The number of thiol groups is 1. The first-order valence-corrected chi connectivity index (χ1v) is 9.53. The lowest BCUT2D eigenvalue weighted by Crippen LogP contribution is -1.95. The van der Waals surface area contributed by atoms with Crippen molar-refractivity contribution in [1.29, 1.82) is 0 Å². The molecule has 0 bridgehead atoms. The Balaban J connectivity index is 0. The van der Waals surface area contributed by atoms with E-state index in [1.165, 1.54) is 25.7 Å². The zero-order valence-corrected chi connectivity index (χ0v) is 13.9. The summed E-state index contributed by atoms with van der Waals surface area (Å²) in [4.78, 5) is 0. The van der Waals surface area contributed by atoms with E-state index in [9.17, 15) is 0 Å². The summed E-state index contributed by atoms with van der Waals surface area (Å²) in [5.74, 6) is 0. The quantitative estimate of drug-likeness (QED) is 0.359. The first-order chi connectivity index (χ1) is 7.12. The monoisotopic (exact) mass is 304 g/mol. The van der Waals surface area contributed by atoms with Gasteiger partial charge in [-0.15, -0.1) is 0 Å². The van der Waals surface area contributed by atoms with Crippen molar-refractivity contribution in [1.82, 2.24) is 0 Å². The van der Waals surface area contributed by atoms with Crippen molar-refractivity contribution < 1.29 is 9.05 Å². The molecule has 100 valence electrons. The molecular weight excluding hydrogens is 279 g/mol. The Bertz CT molecular complexity index is 175. The number of hydrogen-bond donors (Lipinski definition) is 1. The standard InChI is InChI=1S/C10H23O2PS2.H2S/c1-3-5-7-9-11-13(14,15)12-10-8-6-4-2;/h3-10H2,1-2H3,(H,14,15);1H2. The van der Waals surface area contributed by atoms with Gasteiger partial charge in [-0.1, -0.05) is 51.8 Å². The van der Waals surface area contributed by atoms with E-state index in [1.807, 2.05) is 0 Å². The van der Waals surface area contributed by atoms with Gasteiger partial charge in [0.25, 0.3) is 0 Å². The van der Waals surface area contributed by atoms with Crippen molar-refractivity contribution in [3.63, 3.8) is 0 Å². The van der Waals surface area contributed by atoms with Gasteiger partial charge in [0.1, 0.15) is 0 Å². The van der Waals surface area contributed by atoms with Gasteiger partial charge in [0, 0.05) is 0 Å². The fourth-order valence-corrected chi connectivity index (χ4v) is 2.83. The largest absolute Gasteiger partial charge is 0.322 e. The molecule has 6 heteroatoms. The lowest BCUT2D eigenvalue weighted by atomic mass is 10.3. The Morgan fingerprint density at radius 3 is 1.62 bits per heavy atom.